The number of amides is 2. The zero-order chi connectivity index (χ0) is 28.7. The molecular weight excluding hydrogens is 548 g/mol. The number of carbonyl (C=O) groups is 1. The Bertz CT molecular complexity index is 1520. The number of aliphatic hydroxyl groups is 2. The van der Waals surface area contributed by atoms with Crippen molar-refractivity contribution >= 4 is 33.0 Å². The van der Waals surface area contributed by atoms with Crippen molar-refractivity contribution in [1.82, 2.24) is 9.71 Å². The molecule has 2 aliphatic carbocycles. The van der Waals surface area contributed by atoms with E-state index in [0.717, 1.165) is 46.6 Å². The van der Waals surface area contributed by atoms with Crippen LogP contribution in [0.5, 0.6) is 5.75 Å². The van der Waals surface area contributed by atoms with Gasteiger partial charge in [-0.25, -0.2) is 18.7 Å². The molecule has 0 saturated heterocycles. The van der Waals surface area contributed by atoms with Gasteiger partial charge in [-0.2, -0.15) is 0 Å². The number of methoxy groups -OCH3 is 1. The number of urea groups is 1. The molecule has 1 unspecified atom stereocenters. The van der Waals surface area contributed by atoms with Crippen LogP contribution in [-0.2, 0) is 28.4 Å². The molecular formula is C29H36N4O5S2. The summed E-state index contributed by atoms with van der Waals surface area (Å²) in [6.45, 7) is 4.88. The van der Waals surface area contributed by atoms with Crippen molar-refractivity contribution in [3.63, 3.8) is 0 Å². The minimum absolute atomic E-state index is 0.178. The molecule has 1 aromatic heterocycles. The summed E-state index contributed by atoms with van der Waals surface area (Å²) in [6.07, 6.45) is 5.56. The lowest BCUT2D eigenvalue weighted by atomic mass is 9.82. The second-order valence-corrected chi connectivity index (χ2v) is 14.1. The maximum absolute atomic E-state index is 14.5. The summed E-state index contributed by atoms with van der Waals surface area (Å²) >= 11 is 0.947. The quantitative estimate of drug-likeness (QED) is 0.256. The third-order valence-corrected chi connectivity index (χ3v) is 11.5. The van der Waals surface area contributed by atoms with E-state index in [-0.39, 0.29) is 9.22 Å². The van der Waals surface area contributed by atoms with Gasteiger partial charge in [-0.3, -0.25) is 0 Å². The Morgan fingerprint density at radius 2 is 1.95 bits per heavy atom. The summed E-state index contributed by atoms with van der Waals surface area (Å²) < 4.78 is 27.2. The Morgan fingerprint density at radius 3 is 2.55 bits per heavy atom. The number of carbonyl (C=O) groups excluding carboxylic acids is 1. The van der Waals surface area contributed by atoms with Crippen molar-refractivity contribution in [3.8, 4) is 5.75 Å². The van der Waals surface area contributed by atoms with Gasteiger partial charge in [0.1, 0.15) is 20.6 Å². The number of aryl methyl sites for hydroxylation is 1. The maximum atomic E-state index is 14.5. The fraction of sp³-hybridized carbons (Fsp3) is 0.448. The van der Waals surface area contributed by atoms with Crippen LogP contribution < -0.4 is 14.8 Å². The minimum Gasteiger partial charge on any atom is -0.497 e. The van der Waals surface area contributed by atoms with Crippen molar-refractivity contribution in [1.29, 1.82) is 0 Å². The predicted octanol–water partition coefficient (Wildman–Crippen LogP) is 5.29. The van der Waals surface area contributed by atoms with Crippen molar-refractivity contribution in [2.24, 2.45) is 10.3 Å². The van der Waals surface area contributed by atoms with Crippen LogP contribution in [0, 0.1) is 5.92 Å². The third kappa shape index (κ3) is 5.80. The zero-order valence-electron chi connectivity index (χ0n) is 23.1. The van der Waals surface area contributed by atoms with E-state index in [1.54, 1.807) is 19.2 Å². The molecule has 3 aromatic rings. The molecule has 1 fully saturated rings. The molecule has 0 bridgehead atoms. The van der Waals surface area contributed by atoms with Crippen LogP contribution >= 0.6 is 11.3 Å². The van der Waals surface area contributed by atoms with Crippen LogP contribution in [0.3, 0.4) is 0 Å². The molecule has 5 rings (SSSR count). The summed E-state index contributed by atoms with van der Waals surface area (Å²) in [5.41, 5.74) is 3.42. The van der Waals surface area contributed by atoms with E-state index in [0.29, 0.717) is 17.6 Å². The van der Waals surface area contributed by atoms with Gasteiger partial charge in [0.25, 0.3) is 0 Å². The molecule has 0 radical (unpaired) electrons. The van der Waals surface area contributed by atoms with Gasteiger partial charge in [-0.05, 0) is 85.8 Å². The molecule has 1 saturated carbocycles. The van der Waals surface area contributed by atoms with Gasteiger partial charge in [0.2, 0.25) is 0 Å². The number of aliphatic hydroxyl groups excluding tert-OH is 1. The molecule has 2 amide bonds. The molecule has 4 atom stereocenters. The molecule has 2 aliphatic rings. The molecule has 1 heterocycles. The first-order valence-corrected chi connectivity index (χ1v) is 15.8. The van der Waals surface area contributed by atoms with Gasteiger partial charge in [0.05, 0.1) is 19.9 Å². The number of hydrogen-bond donors (Lipinski definition) is 4. The fourth-order valence-corrected chi connectivity index (χ4v) is 7.95. The Kier molecular flexibility index (Phi) is 8.04. The Labute approximate surface area is 239 Å². The highest BCUT2D eigenvalue weighted by Crippen LogP contribution is 2.46. The predicted molar refractivity (Wildman–Crippen MR) is 156 cm³/mol. The van der Waals surface area contributed by atoms with Crippen LogP contribution in [0.1, 0.15) is 72.8 Å². The lowest BCUT2D eigenvalue weighted by molar-refractivity contribution is -0.00244. The number of anilines is 1. The van der Waals surface area contributed by atoms with Crippen molar-refractivity contribution in [3.05, 3.63) is 69.9 Å². The van der Waals surface area contributed by atoms with Crippen LogP contribution in [0.2, 0.25) is 0 Å². The first-order valence-electron chi connectivity index (χ1n) is 13.5. The molecule has 40 heavy (non-hydrogen) atoms. The summed E-state index contributed by atoms with van der Waals surface area (Å²) in [5.74, 6) is 1.61. The van der Waals surface area contributed by atoms with Crippen LogP contribution in [-0.4, -0.2) is 39.2 Å². The number of ether oxygens (including phenoxy) is 1. The number of thiazole rings is 1. The van der Waals surface area contributed by atoms with Crippen LogP contribution in [0.4, 0.5) is 10.5 Å². The standard InChI is InChI=1S/C29H36N4O5S2/c1-17(19-5-6-19)23-13-9-21-10-14-24(21)26(23)31-28(35)33-40(37,25-15-30-27(39-25)29(3,36)16-34)32-18(2)20-7-11-22(38-4)12-8-20/h7-9,11-13,15,17-19,34,36H,5-6,10,14,16H2,1-4H3,(H2,31,32,33,35,37)/t17-,18+,29-,40?/m1/s1. The Hall–Kier alpha value is -2.83. The van der Waals surface area contributed by atoms with E-state index >= 15 is 0 Å². The molecule has 9 nitrogen and oxygen atoms in total. The highest BCUT2D eigenvalue weighted by atomic mass is 32.2. The monoisotopic (exact) mass is 584 g/mol. The van der Waals surface area contributed by atoms with Crippen LogP contribution in [0.15, 0.2) is 51.2 Å². The van der Waals surface area contributed by atoms with Crippen molar-refractivity contribution < 1.29 is 24.0 Å². The highest BCUT2D eigenvalue weighted by Gasteiger charge is 2.33. The molecule has 2 aromatic carbocycles. The fourth-order valence-electron chi connectivity index (χ4n) is 4.97. The van der Waals surface area contributed by atoms with E-state index in [1.807, 2.05) is 19.1 Å². The highest BCUT2D eigenvalue weighted by molar-refractivity contribution is 7.94. The van der Waals surface area contributed by atoms with E-state index in [2.05, 4.69) is 38.4 Å². The zero-order valence-corrected chi connectivity index (χ0v) is 24.8. The van der Waals surface area contributed by atoms with Crippen molar-refractivity contribution in [2.45, 2.75) is 68.2 Å². The number of nitrogens with zero attached hydrogens (tertiary/aromatic N) is 2. The van der Waals surface area contributed by atoms with Gasteiger partial charge < -0.3 is 20.3 Å². The van der Waals surface area contributed by atoms with Gasteiger partial charge in [-0.1, -0.05) is 31.2 Å². The number of nitrogens with one attached hydrogen (secondary N) is 2. The van der Waals surface area contributed by atoms with Gasteiger partial charge in [0.15, 0.2) is 9.92 Å². The number of hydrogen-bond acceptors (Lipinski definition) is 7. The molecule has 0 aliphatic heterocycles. The normalized spacial score (nSPS) is 18.9. The Morgan fingerprint density at radius 1 is 1.23 bits per heavy atom. The average Bonchev–Trinajstić information content (AvgIpc) is 3.63. The minimum atomic E-state index is -3.54. The molecule has 11 heteroatoms. The largest absolute Gasteiger partial charge is 0.497 e. The summed E-state index contributed by atoms with van der Waals surface area (Å²) in [5, 5.41) is 23.3. The average molecular weight is 585 g/mol. The SMILES string of the molecule is COc1ccc([C@H](C)NS(=O)(=NC(=O)Nc2c([C@H](C)C3CC3)ccc3c2CC3)c2cnc([C@](C)(O)CO)s2)cc1. The van der Waals surface area contributed by atoms with Gasteiger partial charge >= 0.3 is 6.03 Å². The van der Waals surface area contributed by atoms with Gasteiger partial charge in [-0.15, -0.1) is 15.7 Å². The summed E-state index contributed by atoms with van der Waals surface area (Å²) in [7, 11) is -1.96. The third-order valence-electron chi connectivity index (χ3n) is 7.83. The van der Waals surface area contributed by atoms with E-state index in [1.165, 1.54) is 31.5 Å². The topological polar surface area (TPSA) is 133 Å². The maximum Gasteiger partial charge on any atom is 0.354 e. The number of rotatable bonds is 10. The second kappa shape index (κ2) is 11.2. The second-order valence-electron chi connectivity index (χ2n) is 10.9. The van der Waals surface area contributed by atoms with E-state index < -0.39 is 34.2 Å². The number of benzene rings is 2. The summed E-state index contributed by atoms with van der Waals surface area (Å²) in [4.78, 5) is 17.7. The molecule has 4 N–H and O–H groups in total. The lowest BCUT2D eigenvalue weighted by Crippen LogP contribution is -2.28. The molecule has 0 spiro atoms. The first kappa shape index (κ1) is 28.7. The van der Waals surface area contributed by atoms with E-state index in [9.17, 15) is 19.2 Å². The Balaban J connectivity index is 1.51. The van der Waals surface area contributed by atoms with E-state index in [4.69, 9.17) is 4.74 Å². The van der Waals surface area contributed by atoms with Crippen LogP contribution in [0.25, 0.3) is 0 Å². The molecule has 214 valence electrons. The first-order chi connectivity index (χ1) is 19.0. The number of aromatic nitrogens is 1. The lowest BCUT2D eigenvalue weighted by Gasteiger charge is -2.27. The van der Waals surface area contributed by atoms with Gasteiger partial charge in [0, 0.05) is 11.7 Å². The number of fused-ring (bicyclic) bond motifs is 1. The van der Waals surface area contributed by atoms with Crippen molar-refractivity contribution in [2.75, 3.05) is 19.0 Å². The smallest absolute Gasteiger partial charge is 0.354 e. The summed E-state index contributed by atoms with van der Waals surface area (Å²) in [6, 6.07) is 10.4.